The first kappa shape index (κ1) is 18.9. The summed E-state index contributed by atoms with van der Waals surface area (Å²) in [4.78, 5) is 15.4. The van der Waals surface area contributed by atoms with Crippen molar-refractivity contribution in [2.75, 3.05) is 68.5 Å². The van der Waals surface area contributed by atoms with Gasteiger partial charge in [0, 0.05) is 51.0 Å². The van der Waals surface area contributed by atoms with E-state index in [4.69, 9.17) is 10.5 Å². The zero-order valence-electron chi connectivity index (χ0n) is 16.4. The molecule has 2 fully saturated rings. The highest BCUT2D eigenvalue weighted by molar-refractivity contribution is 5.75. The number of aromatic nitrogens is 2. The van der Waals surface area contributed by atoms with Gasteiger partial charge in [0.25, 0.3) is 0 Å². The number of anilines is 3. The van der Waals surface area contributed by atoms with Crippen LogP contribution in [0, 0.1) is 5.82 Å². The van der Waals surface area contributed by atoms with Crippen LogP contribution in [0.4, 0.5) is 21.6 Å². The minimum atomic E-state index is -0.352. The Morgan fingerprint density at radius 2 is 1.93 bits per heavy atom. The minimum Gasteiger partial charge on any atom is -0.397 e. The number of likely N-dealkylation sites (N-methyl/N-ethyl adjacent to an activating group) is 1. The Labute approximate surface area is 164 Å². The van der Waals surface area contributed by atoms with Crippen molar-refractivity contribution in [2.45, 2.75) is 13.0 Å². The number of hydrogen-bond donors (Lipinski definition) is 1. The highest BCUT2D eigenvalue weighted by atomic mass is 19.1. The first-order valence-electron chi connectivity index (χ1n) is 9.73. The molecule has 0 spiro atoms. The average molecular weight is 386 g/mol. The van der Waals surface area contributed by atoms with Crippen LogP contribution in [0.5, 0.6) is 0 Å². The quantitative estimate of drug-likeness (QED) is 0.807. The molecule has 0 saturated carbocycles. The van der Waals surface area contributed by atoms with Crippen molar-refractivity contribution in [3.8, 4) is 11.4 Å². The molecule has 2 aliphatic heterocycles. The fraction of sp³-hybridized carbons (Fsp3) is 0.500. The highest BCUT2D eigenvalue weighted by Gasteiger charge is 2.24. The fourth-order valence-electron chi connectivity index (χ4n) is 3.74. The second-order valence-corrected chi connectivity index (χ2v) is 7.50. The SMILES string of the molecule is CC1CN(c2cc(F)c(-c3nccc(N4CCOCC4)n3)cc2N)CCN1C. The molecule has 8 heteroatoms. The van der Waals surface area contributed by atoms with Crippen LogP contribution < -0.4 is 15.5 Å². The van der Waals surface area contributed by atoms with Gasteiger partial charge < -0.3 is 25.2 Å². The fourth-order valence-corrected chi connectivity index (χ4v) is 3.74. The van der Waals surface area contributed by atoms with Gasteiger partial charge in [-0.25, -0.2) is 14.4 Å². The van der Waals surface area contributed by atoms with E-state index < -0.39 is 0 Å². The summed E-state index contributed by atoms with van der Waals surface area (Å²) in [6.07, 6.45) is 1.67. The van der Waals surface area contributed by atoms with Gasteiger partial charge in [0.1, 0.15) is 11.6 Å². The zero-order chi connectivity index (χ0) is 19.7. The van der Waals surface area contributed by atoms with Crippen molar-refractivity contribution in [1.29, 1.82) is 0 Å². The van der Waals surface area contributed by atoms with Gasteiger partial charge in [0.2, 0.25) is 0 Å². The summed E-state index contributed by atoms with van der Waals surface area (Å²) in [5.74, 6) is 0.782. The number of rotatable bonds is 3. The van der Waals surface area contributed by atoms with Gasteiger partial charge >= 0.3 is 0 Å². The van der Waals surface area contributed by atoms with Crippen LogP contribution in [0.15, 0.2) is 24.4 Å². The Morgan fingerprint density at radius 3 is 2.68 bits per heavy atom. The molecule has 150 valence electrons. The summed E-state index contributed by atoms with van der Waals surface area (Å²) in [6.45, 7) is 7.60. The Morgan fingerprint density at radius 1 is 1.14 bits per heavy atom. The Balaban J connectivity index is 1.62. The number of morpholine rings is 1. The molecule has 2 aliphatic rings. The van der Waals surface area contributed by atoms with Crippen LogP contribution in [-0.4, -0.2) is 73.9 Å². The number of halogens is 1. The second-order valence-electron chi connectivity index (χ2n) is 7.50. The van der Waals surface area contributed by atoms with Crippen LogP contribution in [0.1, 0.15) is 6.92 Å². The lowest BCUT2D eigenvalue weighted by molar-refractivity contribution is 0.122. The lowest BCUT2D eigenvalue weighted by Gasteiger charge is -2.39. The number of benzene rings is 1. The van der Waals surface area contributed by atoms with Crippen LogP contribution in [0.2, 0.25) is 0 Å². The molecule has 2 saturated heterocycles. The summed E-state index contributed by atoms with van der Waals surface area (Å²) in [5, 5.41) is 0. The number of piperazine rings is 1. The summed E-state index contributed by atoms with van der Waals surface area (Å²) in [5.41, 5.74) is 7.94. The maximum absolute atomic E-state index is 15.0. The van der Waals surface area contributed by atoms with Gasteiger partial charge in [0.05, 0.1) is 30.2 Å². The van der Waals surface area contributed by atoms with Crippen LogP contribution in [-0.2, 0) is 4.74 Å². The van der Waals surface area contributed by atoms with Gasteiger partial charge in [-0.2, -0.15) is 0 Å². The molecule has 0 radical (unpaired) electrons. The Bertz CT molecular complexity index is 841. The first-order chi connectivity index (χ1) is 13.5. The smallest absolute Gasteiger partial charge is 0.164 e. The number of nitrogens with two attached hydrogens (primary N) is 1. The van der Waals surface area contributed by atoms with Crippen molar-refractivity contribution >= 4 is 17.2 Å². The molecule has 1 unspecified atom stereocenters. The highest BCUT2D eigenvalue weighted by Crippen LogP contribution is 2.32. The predicted octanol–water partition coefficient (Wildman–Crippen LogP) is 1.84. The van der Waals surface area contributed by atoms with Gasteiger partial charge in [-0.15, -0.1) is 0 Å². The Hall–Kier alpha value is -2.45. The predicted molar refractivity (Wildman–Crippen MR) is 109 cm³/mol. The summed E-state index contributed by atoms with van der Waals surface area (Å²) < 4.78 is 20.4. The zero-order valence-corrected chi connectivity index (χ0v) is 16.4. The molecule has 0 amide bonds. The van der Waals surface area contributed by atoms with E-state index in [2.05, 4.69) is 38.6 Å². The normalized spacial score (nSPS) is 21.2. The third kappa shape index (κ3) is 3.74. The van der Waals surface area contributed by atoms with Crippen molar-refractivity contribution in [3.05, 3.63) is 30.2 Å². The molecule has 4 rings (SSSR count). The van der Waals surface area contributed by atoms with E-state index in [1.807, 2.05) is 6.07 Å². The molecule has 1 aromatic heterocycles. The standard InChI is InChI=1S/C20H27FN6O/c1-14-13-27(6-5-25(14)2)18-12-16(21)15(11-17(18)22)20-23-4-3-19(24-20)26-7-9-28-10-8-26/h3-4,11-12,14H,5-10,13,22H2,1-2H3. The number of ether oxygens (including phenoxy) is 1. The number of nitrogen functional groups attached to an aromatic ring is 1. The maximum Gasteiger partial charge on any atom is 0.164 e. The number of hydrogen-bond acceptors (Lipinski definition) is 7. The molecule has 2 N–H and O–H groups in total. The monoisotopic (exact) mass is 386 g/mol. The molecular formula is C20H27FN6O. The maximum atomic E-state index is 15.0. The van der Waals surface area contributed by atoms with Crippen molar-refractivity contribution in [3.63, 3.8) is 0 Å². The molecule has 3 heterocycles. The third-order valence-electron chi connectivity index (χ3n) is 5.63. The van der Waals surface area contributed by atoms with Crippen molar-refractivity contribution < 1.29 is 9.13 Å². The van der Waals surface area contributed by atoms with Crippen LogP contribution >= 0.6 is 0 Å². The van der Waals surface area contributed by atoms with E-state index in [1.54, 1.807) is 12.3 Å². The first-order valence-corrected chi connectivity index (χ1v) is 9.73. The van der Waals surface area contributed by atoms with Crippen molar-refractivity contribution in [1.82, 2.24) is 14.9 Å². The van der Waals surface area contributed by atoms with Gasteiger partial charge in [0.15, 0.2) is 5.82 Å². The van der Waals surface area contributed by atoms with E-state index in [-0.39, 0.29) is 5.82 Å². The molecule has 1 aromatic carbocycles. The molecule has 0 bridgehead atoms. The molecule has 1 atom stereocenters. The second kappa shape index (κ2) is 7.89. The molecule has 7 nitrogen and oxygen atoms in total. The Kier molecular flexibility index (Phi) is 5.32. The summed E-state index contributed by atoms with van der Waals surface area (Å²) in [7, 11) is 2.10. The summed E-state index contributed by atoms with van der Waals surface area (Å²) in [6, 6.07) is 5.42. The lowest BCUT2D eigenvalue weighted by Crippen LogP contribution is -2.50. The van der Waals surface area contributed by atoms with E-state index in [0.717, 1.165) is 44.2 Å². The van der Waals surface area contributed by atoms with E-state index in [9.17, 15) is 0 Å². The van der Waals surface area contributed by atoms with E-state index in [1.165, 1.54) is 6.07 Å². The minimum absolute atomic E-state index is 0.332. The van der Waals surface area contributed by atoms with Crippen molar-refractivity contribution in [2.24, 2.45) is 0 Å². The van der Waals surface area contributed by atoms with Gasteiger partial charge in [-0.05, 0) is 26.1 Å². The van der Waals surface area contributed by atoms with Gasteiger partial charge in [-0.1, -0.05) is 0 Å². The molecule has 0 aliphatic carbocycles. The topological polar surface area (TPSA) is 70.8 Å². The summed E-state index contributed by atoms with van der Waals surface area (Å²) >= 11 is 0. The van der Waals surface area contributed by atoms with Gasteiger partial charge in [-0.3, -0.25) is 0 Å². The average Bonchev–Trinajstić information content (AvgIpc) is 2.72. The molecule has 28 heavy (non-hydrogen) atoms. The van der Waals surface area contributed by atoms with Crippen LogP contribution in [0.25, 0.3) is 11.4 Å². The number of nitrogens with zero attached hydrogens (tertiary/aromatic N) is 5. The third-order valence-corrected chi connectivity index (χ3v) is 5.63. The van der Waals surface area contributed by atoms with E-state index in [0.29, 0.717) is 36.3 Å². The lowest BCUT2D eigenvalue weighted by atomic mass is 10.1. The van der Waals surface area contributed by atoms with E-state index >= 15 is 4.39 Å². The molecular weight excluding hydrogens is 359 g/mol. The largest absolute Gasteiger partial charge is 0.397 e. The van der Waals surface area contributed by atoms with Crippen LogP contribution in [0.3, 0.4) is 0 Å². The molecule has 2 aromatic rings.